The van der Waals surface area contributed by atoms with Crippen molar-refractivity contribution in [2.24, 2.45) is 0 Å². The number of carbonyl (C=O) groups is 1. The van der Waals surface area contributed by atoms with E-state index in [0.29, 0.717) is 36.5 Å². The van der Waals surface area contributed by atoms with E-state index in [-0.39, 0.29) is 24.2 Å². The van der Waals surface area contributed by atoms with Gasteiger partial charge >= 0.3 is 0 Å². The number of hydrogen-bond acceptors (Lipinski definition) is 5. The molecule has 1 aromatic rings. The van der Waals surface area contributed by atoms with Gasteiger partial charge in [0.2, 0.25) is 5.91 Å². The highest BCUT2D eigenvalue weighted by Crippen LogP contribution is 2.34. The molecule has 23 heavy (non-hydrogen) atoms. The molecule has 2 heterocycles. The monoisotopic (exact) mass is 338 g/mol. The second-order valence-electron chi connectivity index (χ2n) is 6.09. The average molecular weight is 338 g/mol. The number of piperazine rings is 1. The van der Waals surface area contributed by atoms with Crippen LogP contribution >= 0.6 is 0 Å². The maximum atomic E-state index is 12.9. The van der Waals surface area contributed by atoms with E-state index in [0.717, 1.165) is 13.1 Å². The van der Waals surface area contributed by atoms with Crippen LogP contribution in [0.1, 0.15) is 17.9 Å². The molecule has 0 radical (unpaired) electrons. The molecule has 1 fully saturated rings. The first-order chi connectivity index (χ1) is 11.0. The minimum Gasteiger partial charge on any atom is -0.395 e. The van der Waals surface area contributed by atoms with Crippen LogP contribution in [0.25, 0.3) is 0 Å². The van der Waals surface area contributed by atoms with Crippen molar-refractivity contribution in [2.45, 2.75) is 17.2 Å². The lowest BCUT2D eigenvalue weighted by Crippen LogP contribution is -2.51. The van der Waals surface area contributed by atoms with Crippen molar-refractivity contribution in [2.75, 3.05) is 45.1 Å². The van der Waals surface area contributed by atoms with Gasteiger partial charge in [0.05, 0.1) is 23.2 Å². The molecule has 3 rings (SSSR count). The lowest BCUT2D eigenvalue weighted by atomic mass is 9.94. The van der Waals surface area contributed by atoms with Gasteiger partial charge in [-0.3, -0.25) is 9.69 Å². The molecule has 7 heteroatoms. The number of aliphatic hydroxyl groups is 1. The van der Waals surface area contributed by atoms with E-state index in [2.05, 4.69) is 4.90 Å². The van der Waals surface area contributed by atoms with Gasteiger partial charge in [-0.25, -0.2) is 8.42 Å². The van der Waals surface area contributed by atoms with Crippen molar-refractivity contribution in [3.05, 3.63) is 29.8 Å². The number of sulfone groups is 1. The maximum absolute atomic E-state index is 12.9. The van der Waals surface area contributed by atoms with Gasteiger partial charge in [0, 0.05) is 32.7 Å². The third-order valence-corrected chi connectivity index (χ3v) is 6.52. The highest BCUT2D eigenvalue weighted by atomic mass is 32.2. The Balaban J connectivity index is 1.77. The normalized spacial score (nSPS) is 24.2. The third kappa shape index (κ3) is 3.27. The quantitative estimate of drug-likeness (QED) is 0.845. The van der Waals surface area contributed by atoms with Crippen molar-refractivity contribution in [1.82, 2.24) is 9.80 Å². The number of aliphatic hydroxyl groups excluding tert-OH is 1. The van der Waals surface area contributed by atoms with Crippen LogP contribution in [0.3, 0.4) is 0 Å². The molecule has 0 saturated carbocycles. The van der Waals surface area contributed by atoms with Crippen LogP contribution in [0.4, 0.5) is 0 Å². The standard InChI is InChI=1S/C16H22N2O4S/c19-11-10-17-6-8-18(9-7-17)16(20)14-5-12-23(21,22)15-4-2-1-3-13(14)15/h1-4,14,19H,5-12H2. The fraction of sp³-hybridized carbons (Fsp3) is 0.562. The van der Waals surface area contributed by atoms with Gasteiger partial charge in [-0.15, -0.1) is 0 Å². The first kappa shape index (κ1) is 16.4. The van der Waals surface area contributed by atoms with Crippen molar-refractivity contribution >= 4 is 15.7 Å². The zero-order valence-electron chi connectivity index (χ0n) is 13.0. The number of β-amino-alcohol motifs (C(OH)–C–C–N with tert-alkyl or cyclic N) is 1. The molecule has 1 saturated heterocycles. The summed E-state index contributed by atoms with van der Waals surface area (Å²) in [5, 5.41) is 8.98. The number of benzene rings is 1. The minimum absolute atomic E-state index is 0.0241. The Morgan fingerprint density at radius 2 is 1.87 bits per heavy atom. The van der Waals surface area contributed by atoms with E-state index >= 15 is 0 Å². The number of hydrogen-bond donors (Lipinski definition) is 1. The Bertz CT molecular complexity index is 681. The summed E-state index contributed by atoms with van der Waals surface area (Å²) in [5.74, 6) is -0.305. The molecule has 2 aliphatic rings. The zero-order chi connectivity index (χ0) is 16.4. The summed E-state index contributed by atoms with van der Waals surface area (Å²) in [6, 6.07) is 6.86. The fourth-order valence-electron chi connectivity index (χ4n) is 3.40. The molecule has 2 aliphatic heterocycles. The van der Waals surface area contributed by atoms with Crippen LogP contribution in [0.15, 0.2) is 29.2 Å². The van der Waals surface area contributed by atoms with Crippen LogP contribution in [-0.4, -0.2) is 74.3 Å². The number of rotatable bonds is 3. The molecular weight excluding hydrogens is 316 g/mol. The third-order valence-electron chi connectivity index (χ3n) is 4.70. The molecule has 1 aromatic carbocycles. The second-order valence-corrected chi connectivity index (χ2v) is 8.17. The molecule has 6 nitrogen and oxygen atoms in total. The van der Waals surface area contributed by atoms with Gasteiger partial charge in [-0.05, 0) is 18.1 Å². The predicted molar refractivity (Wildman–Crippen MR) is 86.0 cm³/mol. The summed E-state index contributed by atoms with van der Waals surface area (Å²) < 4.78 is 24.4. The Morgan fingerprint density at radius 3 is 2.57 bits per heavy atom. The second kappa shape index (κ2) is 6.59. The molecule has 0 aromatic heterocycles. The molecule has 0 spiro atoms. The van der Waals surface area contributed by atoms with Crippen LogP contribution in [0.5, 0.6) is 0 Å². The summed E-state index contributed by atoms with van der Waals surface area (Å²) in [5.41, 5.74) is 0.640. The van der Waals surface area contributed by atoms with Gasteiger partial charge in [0.1, 0.15) is 0 Å². The van der Waals surface area contributed by atoms with Crippen molar-refractivity contribution in [3.8, 4) is 0 Å². The lowest BCUT2D eigenvalue weighted by Gasteiger charge is -2.37. The van der Waals surface area contributed by atoms with Crippen molar-refractivity contribution in [1.29, 1.82) is 0 Å². The summed E-state index contributed by atoms with van der Waals surface area (Å²) in [7, 11) is -3.26. The van der Waals surface area contributed by atoms with Gasteiger partial charge in [-0.1, -0.05) is 18.2 Å². The van der Waals surface area contributed by atoms with Crippen LogP contribution in [-0.2, 0) is 14.6 Å². The SMILES string of the molecule is O=C(C1CCS(=O)(=O)c2ccccc21)N1CCN(CCO)CC1. The molecule has 1 N–H and O–H groups in total. The van der Waals surface area contributed by atoms with Crippen LogP contribution < -0.4 is 0 Å². The molecule has 0 bridgehead atoms. The summed E-state index contributed by atoms with van der Waals surface area (Å²) >= 11 is 0. The van der Waals surface area contributed by atoms with Gasteiger partial charge in [0.25, 0.3) is 0 Å². The summed E-state index contributed by atoms with van der Waals surface area (Å²) in [6.07, 6.45) is 0.356. The van der Waals surface area contributed by atoms with Crippen LogP contribution in [0.2, 0.25) is 0 Å². The molecule has 0 aliphatic carbocycles. The van der Waals surface area contributed by atoms with E-state index in [9.17, 15) is 13.2 Å². The Labute approximate surface area is 136 Å². The van der Waals surface area contributed by atoms with Gasteiger partial charge in [-0.2, -0.15) is 0 Å². The first-order valence-electron chi connectivity index (χ1n) is 7.96. The Morgan fingerprint density at radius 1 is 1.17 bits per heavy atom. The number of amides is 1. The summed E-state index contributed by atoms with van der Waals surface area (Å²) in [6.45, 7) is 3.51. The molecule has 1 atom stereocenters. The Kier molecular flexibility index (Phi) is 4.70. The molecular formula is C16H22N2O4S. The highest BCUT2D eigenvalue weighted by molar-refractivity contribution is 7.91. The van der Waals surface area contributed by atoms with Crippen LogP contribution in [0, 0.1) is 0 Å². The minimum atomic E-state index is -3.26. The summed E-state index contributed by atoms with van der Waals surface area (Å²) in [4.78, 5) is 17.1. The molecule has 1 unspecified atom stereocenters. The fourth-order valence-corrected chi connectivity index (χ4v) is 5.02. The number of nitrogens with zero attached hydrogens (tertiary/aromatic N) is 2. The first-order valence-corrected chi connectivity index (χ1v) is 9.62. The van der Waals surface area contributed by atoms with Gasteiger partial charge in [0.15, 0.2) is 9.84 Å². The maximum Gasteiger partial charge on any atom is 0.230 e. The number of carbonyl (C=O) groups excluding carboxylic acids is 1. The zero-order valence-corrected chi connectivity index (χ0v) is 13.8. The van der Waals surface area contributed by atoms with E-state index < -0.39 is 9.84 Å². The van der Waals surface area contributed by atoms with E-state index in [4.69, 9.17) is 5.11 Å². The average Bonchev–Trinajstić information content (AvgIpc) is 2.56. The smallest absolute Gasteiger partial charge is 0.230 e. The van der Waals surface area contributed by atoms with E-state index in [1.165, 1.54) is 0 Å². The van der Waals surface area contributed by atoms with Gasteiger partial charge < -0.3 is 10.0 Å². The topological polar surface area (TPSA) is 77.9 Å². The molecule has 1 amide bonds. The van der Waals surface area contributed by atoms with E-state index in [1.54, 1.807) is 24.3 Å². The predicted octanol–water partition coefficient (Wildman–Crippen LogP) is 0.0841. The largest absolute Gasteiger partial charge is 0.395 e. The molecule has 126 valence electrons. The van der Waals surface area contributed by atoms with E-state index in [1.807, 2.05) is 4.90 Å². The number of fused-ring (bicyclic) bond motifs is 1. The lowest BCUT2D eigenvalue weighted by molar-refractivity contribution is -0.134. The highest BCUT2D eigenvalue weighted by Gasteiger charge is 2.36. The van der Waals surface area contributed by atoms with Crippen molar-refractivity contribution < 1.29 is 18.3 Å². The Hall–Kier alpha value is -1.44. The van der Waals surface area contributed by atoms with Crippen molar-refractivity contribution in [3.63, 3.8) is 0 Å².